The maximum Gasteiger partial charge on any atom is 0.293 e. The molecule has 0 unspecified atom stereocenters. The van der Waals surface area contributed by atoms with Crippen LogP contribution < -0.4 is 15.5 Å². The number of nitro groups is 1. The van der Waals surface area contributed by atoms with Crippen LogP contribution in [0, 0.1) is 10.1 Å². The molecule has 9 heteroatoms. The molecule has 0 aliphatic carbocycles. The molecule has 1 saturated heterocycles. The fourth-order valence-electron chi connectivity index (χ4n) is 3.13. The lowest BCUT2D eigenvalue weighted by Gasteiger charge is -2.28. The molecule has 0 aromatic heterocycles. The van der Waals surface area contributed by atoms with Gasteiger partial charge >= 0.3 is 0 Å². The highest BCUT2D eigenvalue weighted by Crippen LogP contribution is 2.30. The average Bonchev–Trinajstić information content (AvgIpc) is 2.78. The van der Waals surface area contributed by atoms with Crippen LogP contribution >= 0.6 is 0 Å². The minimum absolute atomic E-state index is 0.125. The second kappa shape index (κ2) is 9.66. The number of hydrogen-bond donors (Lipinski definition) is 2. The van der Waals surface area contributed by atoms with Gasteiger partial charge in [0.2, 0.25) is 0 Å². The Bertz CT molecular complexity index is 970. The van der Waals surface area contributed by atoms with E-state index in [0.717, 1.165) is 0 Å². The summed E-state index contributed by atoms with van der Waals surface area (Å²) in [7, 11) is 0. The van der Waals surface area contributed by atoms with Gasteiger partial charge in [-0.15, -0.1) is 6.58 Å². The third-order valence-electron chi connectivity index (χ3n) is 4.61. The molecule has 2 amide bonds. The first kappa shape index (κ1) is 21.0. The Balaban J connectivity index is 1.84. The molecule has 1 heterocycles. The molecular weight excluding hydrogens is 388 g/mol. The lowest BCUT2D eigenvalue weighted by atomic mass is 10.1. The van der Waals surface area contributed by atoms with Crippen LogP contribution in [0.5, 0.6) is 0 Å². The van der Waals surface area contributed by atoms with Gasteiger partial charge < -0.3 is 20.3 Å². The monoisotopic (exact) mass is 410 g/mol. The number of carbonyl (C=O) groups excluding carboxylic acids is 2. The number of ether oxygens (including phenoxy) is 1. The molecule has 0 spiro atoms. The van der Waals surface area contributed by atoms with Gasteiger partial charge in [-0.05, 0) is 24.3 Å². The number of morpholine rings is 1. The number of amides is 2. The van der Waals surface area contributed by atoms with E-state index in [1.54, 1.807) is 36.4 Å². The molecule has 3 rings (SSSR count). The molecule has 2 aromatic rings. The Morgan fingerprint density at radius 2 is 1.90 bits per heavy atom. The van der Waals surface area contributed by atoms with Crippen molar-refractivity contribution in [3.63, 3.8) is 0 Å². The van der Waals surface area contributed by atoms with Gasteiger partial charge in [0.25, 0.3) is 17.5 Å². The predicted octanol–water partition coefficient (Wildman–Crippen LogP) is 2.60. The number of para-hydroxylation sites is 1. The number of anilines is 2. The highest BCUT2D eigenvalue weighted by molar-refractivity contribution is 6.09. The standard InChI is InChI=1S/C21H22N4O5/c1-2-9-22-21(27)16-5-3-4-6-17(16)23-20(26)15-7-8-18(19(14-15)25(28)29)24-10-12-30-13-11-24/h2-8,14H,1,9-13H2,(H,22,27)(H,23,26). The minimum Gasteiger partial charge on any atom is -0.378 e. The molecule has 9 nitrogen and oxygen atoms in total. The van der Waals surface area contributed by atoms with Crippen molar-refractivity contribution in [2.24, 2.45) is 0 Å². The van der Waals surface area contributed by atoms with Gasteiger partial charge in [0.05, 0.1) is 29.4 Å². The molecule has 30 heavy (non-hydrogen) atoms. The summed E-state index contributed by atoms with van der Waals surface area (Å²) in [6, 6.07) is 10.9. The van der Waals surface area contributed by atoms with Crippen LogP contribution in [-0.4, -0.2) is 49.6 Å². The molecule has 0 radical (unpaired) electrons. The zero-order chi connectivity index (χ0) is 21.5. The minimum atomic E-state index is -0.546. The average molecular weight is 410 g/mol. The summed E-state index contributed by atoms with van der Waals surface area (Å²) in [6.45, 7) is 5.90. The SMILES string of the molecule is C=CCNC(=O)c1ccccc1NC(=O)c1ccc(N2CCOCC2)c([N+](=O)[O-])c1. The van der Waals surface area contributed by atoms with Gasteiger partial charge in [-0.25, -0.2) is 0 Å². The Morgan fingerprint density at radius 3 is 2.60 bits per heavy atom. The van der Waals surface area contributed by atoms with E-state index in [9.17, 15) is 19.7 Å². The van der Waals surface area contributed by atoms with E-state index < -0.39 is 10.8 Å². The van der Waals surface area contributed by atoms with Gasteiger partial charge in [0.15, 0.2) is 0 Å². The van der Waals surface area contributed by atoms with Crippen molar-refractivity contribution in [2.45, 2.75) is 0 Å². The van der Waals surface area contributed by atoms with Crippen LogP contribution in [0.2, 0.25) is 0 Å². The van der Waals surface area contributed by atoms with E-state index in [4.69, 9.17) is 4.74 Å². The molecule has 156 valence electrons. The van der Waals surface area contributed by atoms with Gasteiger partial charge in [-0.1, -0.05) is 18.2 Å². The molecule has 0 saturated carbocycles. The largest absolute Gasteiger partial charge is 0.378 e. The van der Waals surface area contributed by atoms with Crippen molar-refractivity contribution in [3.05, 3.63) is 76.4 Å². The Hall–Kier alpha value is -3.72. The lowest BCUT2D eigenvalue weighted by Crippen LogP contribution is -2.36. The number of nitrogens with zero attached hydrogens (tertiary/aromatic N) is 2. The van der Waals surface area contributed by atoms with E-state index in [-0.39, 0.29) is 29.3 Å². The van der Waals surface area contributed by atoms with Gasteiger partial charge in [0.1, 0.15) is 5.69 Å². The summed E-state index contributed by atoms with van der Waals surface area (Å²) in [4.78, 5) is 38.0. The number of carbonyl (C=O) groups is 2. The first-order chi connectivity index (χ1) is 14.5. The molecule has 0 bridgehead atoms. The van der Waals surface area contributed by atoms with Crippen molar-refractivity contribution in [1.82, 2.24) is 5.32 Å². The van der Waals surface area contributed by atoms with E-state index in [0.29, 0.717) is 37.7 Å². The normalized spacial score (nSPS) is 13.4. The highest BCUT2D eigenvalue weighted by atomic mass is 16.6. The molecule has 1 aliphatic heterocycles. The van der Waals surface area contributed by atoms with E-state index in [2.05, 4.69) is 17.2 Å². The fraction of sp³-hybridized carbons (Fsp3) is 0.238. The summed E-state index contributed by atoms with van der Waals surface area (Å²) in [5.41, 5.74) is 1.02. The number of hydrogen-bond acceptors (Lipinski definition) is 6. The lowest BCUT2D eigenvalue weighted by molar-refractivity contribution is -0.384. The maximum absolute atomic E-state index is 12.8. The van der Waals surface area contributed by atoms with E-state index in [1.165, 1.54) is 12.1 Å². The van der Waals surface area contributed by atoms with Crippen LogP contribution in [0.3, 0.4) is 0 Å². The summed E-state index contributed by atoms with van der Waals surface area (Å²) in [6.07, 6.45) is 1.55. The van der Waals surface area contributed by atoms with Crippen LogP contribution in [0.25, 0.3) is 0 Å². The number of rotatable bonds is 7. The fourth-order valence-corrected chi connectivity index (χ4v) is 3.13. The van der Waals surface area contributed by atoms with E-state index in [1.807, 2.05) is 4.90 Å². The van der Waals surface area contributed by atoms with Crippen molar-refractivity contribution < 1.29 is 19.2 Å². The number of nitro benzene ring substituents is 1. The van der Waals surface area contributed by atoms with Crippen LogP contribution in [-0.2, 0) is 4.74 Å². The maximum atomic E-state index is 12.8. The van der Waals surface area contributed by atoms with Crippen LogP contribution in [0.4, 0.5) is 17.1 Å². The Kier molecular flexibility index (Phi) is 6.76. The third kappa shape index (κ3) is 4.81. The molecule has 2 aromatic carbocycles. The molecule has 1 aliphatic rings. The topological polar surface area (TPSA) is 114 Å². The third-order valence-corrected chi connectivity index (χ3v) is 4.61. The van der Waals surface area contributed by atoms with E-state index >= 15 is 0 Å². The molecule has 0 atom stereocenters. The molecular formula is C21H22N4O5. The first-order valence-corrected chi connectivity index (χ1v) is 9.42. The molecule has 2 N–H and O–H groups in total. The zero-order valence-corrected chi connectivity index (χ0v) is 16.3. The highest BCUT2D eigenvalue weighted by Gasteiger charge is 2.24. The molecule has 1 fully saturated rings. The smallest absolute Gasteiger partial charge is 0.293 e. The summed E-state index contributed by atoms with van der Waals surface area (Å²) >= 11 is 0. The van der Waals surface area contributed by atoms with Crippen LogP contribution in [0.15, 0.2) is 55.1 Å². The second-order valence-electron chi connectivity index (χ2n) is 6.56. The quantitative estimate of drug-likeness (QED) is 0.412. The number of nitrogens with one attached hydrogen (secondary N) is 2. The Labute approximate surface area is 173 Å². The Morgan fingerprint density at radius 1 is 1.17 bits per heavy atom. The van der Waals surface area contributed by atoms with Crippen LogP contribution in [0.1, 0.15) is 20.7 Å². The zero-order valence-electron chi connectivity index (χ0n) is 16.3. The van der Waals surface area contributed by atoms with Crippen molar-refractivity contribution in [3.8, 4) is 0 Å². The summed E-state index contributed by atoms with van der Waals surface area (Å²) in [5.74, 6) is -0.907. The summed E-state index contributed by atoms with van der Waals surface area (Å²) in [5, 5.41) is 16.9. The van der Waals surface area contributed by atoms with Gasteiger partial charge in [-0.3, -0.25) is 19.7 Å². The van der Waals surface area contributed by atoms with Crippen molar-refractivity contribution in [1.29, 1.82) is 0 Å². The van der Waals surface area contributed by atoms with Crippen molar-refractivity contribution in [2.75, 3.05) is 43.1 Å². The summed E-state index contributed by atoms with van der Waals surface area (Å²) < 4.78 is 5.29. The van der Waals surface area contributed by atoms with Gasteiger partial charge in [0, 0.05) is 31.3 Å². The second-order valence-corrected chi connectivity index (χ2v) is 6.56. The predicted molar refractivity (Wildman–Crippen MR) is 113 cm³/mol. The first-order valence-electron chi connectivity index (χ1n) is 9.42. The number of benzene rings is 2. The van der Waals surface area contributed by atoms with Crippen molar-refractivity contribution >= 4 is 28.9 Å². The van der Waals surface area contributed by atoms with Gasteiger partial charge in [-0.2, -0.15) is 0 Å².